The Balaban J connectivity index is 2.23. The lowest BCUT2D eigenvalue weighted by Crippen LogP contribution is -2.14. The summed E-state index contributed by atoms with van der Waals surface area (Å²) >= 11 is 0. The fourth-order valence-electron chi connectivity index (χ4n) is 2.32. The van der Waals surface area contributed by atoms with Gasteiger partial charge in [0, 0.05) is 18.6 Å². The molecule has 1 unspecified atom stereocenters. The molecule has 24 heavy (non-hydrogen) atoms. The molecule has 0 aliphatic rings. The summed E-state index contributed by atoms with van der Waals surface area (Å²) in [4.78, 5) is 7.81. The summed E-state index contributed by atoms with van der Waals surface area (Å²) in [5.74, 6) is -0.767. The third-order valence-electron chi connectivity index (χ3n) is 3.94. The number of pyridine rings is 2. The van der Waals surface area contributed by atoms with Crippen molar-refractivity contribution in [3.05, 3.63) is 58.9 Å². The second-order valence-corrected chi connectivity index (χ2v) is 7.01. The number of hydrogen-bond donors (Lipinski definition) is 0. The van der Waals surface area contributed by atoms with Crippen LogP contribution in [0.1, 0.15) is 56.0 Å². The van der Waals surface area contributed by atoms with Gasteiger partial charge in [-0.25, -0.2) is 4.39 Å². The summed E-state index contributed by atoms with van der Waals surface area (Å²) in [6.45, 7) is 7.61. The van der Waals surface area contributed by atoms with Crippen LogP contribution in [0.25, 0.3) is 0 Å². The van der Waals surface area contributed by atoms with Gasteiger partial charge in [-0.2, -0.15) is 13.2 Å². The van der Waals surface area contributed by atoms with Gasteiger partial charge in [-0.15, -0.1) is 0 Å². The molecule has 0 amide bonds. The zero-order valence-corrected chi connectivity index (χ0v) is 14.1. The second-order valence-electron chi connectivity index (χ2n) is 7.01. The van der Waals surface area contributed by atoms with Crippen LogP contribution in [0, 0.1) is 5.82 Å². The summed E-state index contributed by atoms with van der Waals surface area (Å²) in [6.07, 6.45) is -0.454. The van der Waals surface area contributed by atoms with Gasteiger partial charge in [0.2, 0.25) is 0 Å². The predicted molar refractivity (Wildman–Crippen MR) is 84.3 cm³/mol. The van der Waals surface area contributed by atoms with E-state index < -0.39 is 17.6 Å². The van der Waals surface area contributed by atoms with Crippen molar-refractivity contribution < 1.29 is 17.6 Å². The van der Waals surface area contributed by atoms with Gasteiger partial charge in [-0.1, -0.05) is 27.7 Å². The first-order chi connectivity index (χ1) is 11.0. The van der Waals surface area contributed by atoms with E-state index in [0.717, 1.165) is 17.8 Å². The Hall–Kier alpha value is -1.98. The molecule has 130 valence electrons. The molecule has 2 heterocycles. The van der Waals surface area contributed by atoms with E-state index in [-0.39, 0.29) is 23.4 Å². The lowest BCUT2D eigenvalue weighted by atomic mass is 9.87. The molecule has 0 saturated carbocycles. The number of aromatic nitrogens is 2. The highest BCUT2D eigenvalue weighted by molar-refractivity contribution is 5.27. The minimum Gasteiger partial charge on any atom is -0.264 e. The number of alkyl halides is 3. The molecule has 2 nitrogen and oxygen atoms in total. The molecular weight excluding hydrogens is 320 g/mol. The first-order valence-corrected chi connectivity index (χ1v) is 7.65. The number of nitrogens with zero attached hydrogens (tertiary/aromatic N) is 2. The minimum atomic E-state index is -4.44. The van der Waals surface area contributed by atoms with Crippen LogP contribution in [-0.4, -0.2) is 9.97 Å². The van der Waals surface area contributed by atoms with E-state index in [1.54, 1.807) is 13.1 Å². The maximum Gasteiger partial charge on any atom is 0.417 e. The fourth-order valence-corrected chi connectivity index (χ4v) is 2.32. The molecule has 0 saturated heterocycles. The van der Waals surface area contributed by atoms with Crippen molar-refractivity contribution in [3.63, 3.8) is 0 Å². The van der Waals surface area contributed by atoms with Gasteiger partial charge in [0.1, 0.15) is 5.82 Å². The Bertz CT molecular complexity index is 718. The standard InChI is InChI=1S/C18H20F4N2/c1-11(12-6-14(9-23-8-12)18(20,21)22)5-16-15(19)7-13(10-24-16)17(2,3)4/h6-11H,5H2,1-4H3. The van der Waals surface area contributed by atoms with Crippen molar-refractivity contribution in [2.24, 2.45) is 0 Å². The molecule has 1 atom stereocenters. The summed E-state index contributed by atoms with van der Waals surface area (Å²) in [5, 5.41) is 0. The number of halogens is 4. The second kappa shape index (κ2) is 6.49. The largest absolute Gasteiger partial charge is 0.417 e. The van der Waals surface area contributed by atoms with E-state index in [1.165, 1.54) is 12.3 Å². The molecule has 0 aliphatic carbocycles. The van der Waals surface area contributed by atoms with E-state index in [0.29, 0.717) is 5.56 Å². The fraction of sp³-hybridized carbons (Fsp3) is 0.444. The van der Waals surface area contributed by atoms with Crippen LogP contribution in [0.5, 0.6) is 0 Å². The topological polar surface area (TPSA) is 25.8 Å². The molecular formula is C18H20F4N2. The molecule has 0 N–H and O–H groups in total. The first-order valence-electron chi connectivity index (χ1n) is 7.65. The lowest BCUT2D eigenvalue weighted by molar-refractivity contribution is -0.137. The minimum absolute atomic E-state index is 0.208. The van der Waals surface area contributed by atoms with Gasteiger partial charge in [-0.05, 0) is 41.0 Å². The molecule has 0 aromatic carbocycles. The van der Waals surface area contributed by atoms with Crippen molar-refractivity contribution >= 4 is 0 Å². The van der Waals surface area contributed by atoms with Crippen LogP contribution in [0.3, 0.4) is 0 Å². The van der Waals surface area contributed by atoms with Gasteiger partial charge in [-0.3, -0.25) is 9.97 Å². The van der Waals surface area contributed by atoms with Crippen LogP contribution >= 0.6 is 0 Å². The maximum atomic E-state index is 14.3. The Kier molecular flexibility index (Phi) is 4.97. The van der Waals surface area contributed by atoms with Gasteiger partial charge in [0.05, 0.1) is 11.3 Å². The highest BCUT2D eigenvalue weighted by Crippen LogP contribution is 2.31. The molecule has 0 radical (unpaired) electrons. The van der Waals surface area contributed by atoms with E-state index in [9.17, 15) is 17.6 Å². The SMILES string of the molecule is CC(Cc1ncc(C(C)(C)C)cc1F)c1cncc(C(F)(F)F)c1. The average molecular weight is 340 g/mol. The van der Waals surface area contributed by atoms with Crippen molar-refractivity contribution in [2.75, 3.05) is 0 Å². The Labute approximate surface area is 139 Å². The zero-order valence-electron chi connectivity index (χ0n) is 14.1. The third-order valence-corrected chi connectivity index (χ3v) is 3.94. The summed E-state index contributed by atoms with van der Waals surface area (Å²) < 4.78 is 52.6. The highest BCUT2D eigenvalue weighted by atomic mass is 19.4. The Morgan fingerprint density at radius 1 is 1.00 bits per heavy atom. The lowest BCUT2D eigenvalue weighted by Gasteiger charge is -2.19. The molecule has 0 fully saturated rings. The van der Waals surface area contributed by atoms with E-state index >= 15 is 0 Å². The van der Waals surface area contributed by atoms with E-state index in [1.807, 2.05) is 20.8 Å². The zero-order chi connectivity index (χ0) is 18.1. The molecule has 0 bridgehead atoms. The van der Waals surface area contributed by atoms with Crippen molar-refractivity contribution in [2.45, 2.75) is 51.6 Å². The van der Waals surface area contributed by atoms with E-state index in [2.05, 4.69) is 9.97 Å². The normalized spacial score (nSPS) is 13.8. The predicted octanol–water partition coefficient (Wildman–Crippen LogP) is 5.28. The Morgan fingerprint density at radius 3 is 2.21 bits per heavy atom. The van der Waals surface area contributed by atoms with Gasteiger partial charge >= 0.3 is 6.18 Å². The van der Waals surface area contributed by atoms with Crippen LogP contribution in [-0.2, 0) is 18.0 Å². The molecule has 2 aromatic rings. The first kappa shape index (κ1) is 18.4. The molecule has 2 rings (SSSR count). The van der Waals surface area contributed by atoms with Crippen molar-refractivity contribution in [3.8, 4) is 0 Å². The van der Waals surface area contributed by atoms with Gasteiger partial charge < -0.3 is 0 Å². The van der Waals surface area contributed by atoms with Gasteiger partial charge in [0.15, 0.2) is 0 Å². The Morgan fingerprint density at radius 2 is 1.67 bits per heavy atom. The molecule has 0 spiro atoms. The van der Waals surface area contributed by atoms with Crippen LogP contribution < -0.4 is 0 Å². The van der Waals surface area contributed by atoms with Crippen molar-refractivity contribution in [1.29, 1.82) is 0 Å². The van der Waals surface area contributed by atoms with Crippen molar-refractivity contribution in [1.82, 2.24) is 9.97 Å². The monoisotopic (exact) mass is 340 g/mol. The quantitative estimate of drug-likeness (QED) is 0.711. The highest BCUT2D eigenvalue weighted by Gasteiger charge is 2.31. The van der Waals surface area contributed by atoms with Crippen LogP contribution in [0.4, 0.5) is 17.6 Å². The number of rotatable bonds is 3. The number of hydrogen-bond acceptors (Lipinski definition) is 2. The summed E-state index contributed by atoms with van der Waals surface area (Å²) in [6, 6.07) is 2.50. The van der Waals surface area contributed by atoms with E-state index in [4.69, 9.17) is 0 Å². The molecule has 6 heteroatoms. The van der Waals surface area contributed by atoms with Crippen LogP contribution in [0.15, 0.2) is 30.7 Å². The summed E-state index contributed by atoms with van der Waals surface area (Å²) in [7, 11) is 0. The molecule has 0 aliphatic heterocycles. The molecule has 2 aromatic heterocycles. The average Bonchev–Trinajstić information content (AvgIpc) is 2.47. The summed E-state index contributed by atoms with van der Waals surface area (Å²) in [5.41, 5.74) is 0.405. The van der Waals surface area contributed by atoms with Gasteiger partial charge in [0.25, 0.3) is 0 Å². The van der Waals surface area contributed by atoms with Crippen LogP contribution in [0.2, 0.25) is 0 Å². The maximum absolute atomic E-state index is 14.3. The third kappa shape index (κ3) is 4.30. The smallest absolute Gasteiger partial charge is 0.264 e.